The molecule has 2 rings (SSSR count). The highest BCUT2D eigenvalue weighted by atomic mass is 32.1. The number of hydrogen-bond acceptors (Lipinski definition) is 5. The molecule has 0 spiro atoms. The Labute approximate surface area is 126 Å². The van der Waals surface area contributed by atoms with Gasteiger partial charge in [0.25, 0.3) is 11.8 Å². The van der Waals surface area contributed by atoms with Crippen LogP contribution in [0.2, 0.25) is 0 Å². The fourth-order valence-corrected chi connectivity index (χ4v) is 2.05. The molecule has 1 aliphatic rings. The molecule has 0 aromatic heterocycles. The normalized spacial score (nSPS) is 17.0. The first-order valence-corrected chi connectivity index (χ1v) is 6.36. The SMILES string of the molecule is C=CCN1C(=O)C(=Cc2cc(O)ccc2O)C(=O)NC1=S. The number of hydrogen-bond donors (Lipinski definition) is 3. The summed E-state index contributed by atoms with van der Waals surface area (Å²) in [6.45, 7) is 3.67. The predicted molar refractivity (Wildman–Crippen MR) is 80.4 cm³/mol. The van der Waals surface area contributed by atoms with E-state index in [4.69, 9.17) is 12.2 Å². The Morgan fingerprint density at radius 2 is 2.05 bits per heavy atom. The van der Waals surface area contributed by atoms with Gasteiger partial charge in [-0.05, 0) is 36.5 Å². The summed E-state index contributed by atoms with van der Waals surface area (Å²) >= 11 is 4.92. The fraction of sp³-hybridized carbons (Fsp3) is 0.0714. The van der Waals surface area contributed by atoms with E-state index in [9.17, 15) is 19.8 Å². The van der Waals surface area contributed by atoms with Crippen molar-refractivity contribution in [2.75, 3.05) is 6.54 Å². The van der Waals surface area contributed by atoms with Crippen LogP contribution in [0, 0.1) is 0 Å². The lowest BCUT2D eigenvalue weighted by Gasteiger charge is -2.27. The fourth-order valence-electron chi connectivity index (χ4n) is 1.80. The molecule has 0 atom stereocenters. The predicted octanol–water partition coefficient (Wildman–Crippen LogP) is 0.911. The minimum Gasteiger partial charge on any atom is -0.508 e. The molecule has 108 valence electrons. The third-order valence-electron chi connectivity index (χ3n) is 2.81. The molecule has 1 fully saturated rings. The first-order chi connectivity index (χ1) is 9.93. The maximum Gasteiger partial charge on any atom is 0.265 e. The van der Waals surface area contributed by atoms with Gasteiger partial charge in [0.2, 0.25) is 0 Å². The summed E-state index contributed by atoms with van der Waals surface area (Å²) in [5.74, 6) is -1.51. The quantitative estimate of drug-likeness (QED) is 0.254. The van der Waals surface area contributed by atoms with E-state index in [0.29, 0.717) is 0 Å². The van der Waals surface area contributed by atoms with Crippen LogP contribution in [0.4, 0.5) is 0 Å². The van der Waals surface area contributed by atoms with Crippen LogP contribution in [0.1, 0.15) is 5.56 Å². The van der Waals surface area contributed by atoms with Gasteiger partial charge in [-0.25, -0.2) is 0 Å². The second-order valence-electron chi connectivity index (χ2n) is 4.26. The van der Waals surface area contributed by atoms with Crippen molar-refractivity contribution in [1.82, 2.24) is 10.2 Å². The number of benzene rings is 1. The lowest BCUT2D eigenvalue weighted by Crippen LogP contribution is -2.53. The average molecular weight is 304 g/mol. The Hall–Kier alpha value is -2.67. The molecule has 1 aromatic carbocycles. The highest BCUT2D eigenvalue weighted by molar-refractivity contribution is 7.80. The second-order valence-corrected chi connectivity index (χ2v) is 4.65. The van der Waals surface area contributed by atoms with Gasteiger partial charge in [-0.15, -0.1) is 6.58 Å². The van der Waals surface area contributed by atoms with Crippen LogP contribution in [0.15, 0.2) is 36.4 Å². The van der Waals surface area contributed by atoms with E-state index >= 15 is 0 Å². The molecule has 3 N–H and O–H groups in total. The van der Waals surface area contributed by atoms with E-state index in [-0.39, 0.29) is 34.3 Å². The Balaban J connectivity index is 2.45. The van der Waals surface area contributed by atoms with Crippen molar-refractivity contribution in [1.29, 1.82) is 0 Å². The molecule has 1 saturated heterocycles. The van der Waals surface area contributed by atoms with Gasteiger partial charge in [0.05, 0.1) is 0 Å². The topological polar surface area (TPSA) is 89.9 Å². The number of rotatable bonds is 3. The maximum atomic E-state index is 12.3. The summed E-state index contributed by atoms with van der Waals surface area (Å²) in [6.07, 6.45) is 2.68. The van der Waals surface area contributed by atoms with Gasteiger partial charge in [-0.1, -0.05) is 6.08 Å². The number of carbonyl (C=O) groups is 2. The van der Waals surface area contributed by atoms with Crippen LogP contribution in [0.5, 0.6) is 11.5 Å². The summed E-state index contributed by atoms with van der Waals surface area (Å²) in [5, 5.41) is 21.5. The summed E-state index contributed by atoms with van der Waals surface area (Å²) in [5.41, 5.74) is -0.0359. The van der Waals surface area contributed by atoms with Crippen LogP contribution in [-0.4, -0.2) is 38.6 Å². The van der Waals surface area contributed by atoms with Gasteiger partial charge in [0.15, 0.2) is 5.11 Å². The van der Waals surface area contributed by atoms with Gasteiger partial charge in [-0.2, -0.15) is 0 Å². The minimum absolute atomic E-state index is 0.00202. The lowest BCUT2D eigenvalue weighted by molar-refractivity contribution is -0.128. The van der Waals surface area contributed by atoms with Crippen LogP contribution < -0.4 is 5.32 Å². The van der Waals surface area contributed by atoms with Crippen LogP contribution in [0.25, 0.3) is 6.08 Å². The van der Waals surface area contributed by atoms with E-state index in [1.54, 1.807) is 0 Å². The Bertz CT molecular complexity index is 682. The first-order valence-electron chi connectivity index (χ1n) is 5.95. The van der Waals surface area contributed by atoms with Crippen molar-refractivity contribution in [2.24, 2.45) is 0 Å². The Kier molecular flexibility index (Phi) is 4.04. The molecule has 7 heteroatoms. The summed E-state index contributed by atoms with van der Waals surface area (Å²) in [7, 11) is 0. The Morgan fingerprint density at radius 1 is 1.33 bits per heavy atom. The molecule has 0 bridgehead atoms. The number of amides is 2. The smallest absolute Gasteiger partial charge is 0.265 e. The second kappa shape index (κ2) is 5.76. The largest absolute Gasteiger partial charge is 0.508 e. The van der Waals surface area contributed by atoms with E-state index in [0.717, 1.165) is 0 Å². The Morgan fingerprint density at radius 3 is 2.71 bits per heavy atom. The van der Waals surface area contributed by atoms with Gasteiger partial charge in [-0.3, -0.25) is 19.8 Å². The molecule has 6 nitrogen and oxygen atoms in total. The molecule has 0 unspecified atom stereocenters. The minimum atomic E-state index is -0.659. The number of phenols is 2. The van der Waals surface area contributed by atoms with Crippen molar-refractivity contribution in [3.63, 3.8) is 0 Å². The monoisotopic (exact) mass is 304 g/mol. The molecule has 0 saturated carbocycles. The molecule has 0 aliphatic carbocycles. The van der Waals surface area contributed by atoms with Gasteiger partial charge >= 0.3 is 0 Å². The first kappa shape index (κ1) is 14.7. The molecule has 0 radical (unpaired) electrons. The van der Waals surface area contributed by atoms with Crippen molar-refractivity contribution in [2.45, 2.75) is 0 Å². The number of thiocarbonyl (C=S) groups is 1. The van der Waals surface area contributed by atoms with Crippen molar-refractivity contribution in [3.8, 4) is 11.5 Å². The van der Waals surface area contributed by atoms with Gasteiger partial charge < -0.3 is 10.2 Å². The van der Waals surface area contributed by atoms with Crippen LogP contribution >= 0.6 is 12.2 Å². The molecular weight excluding hydrogens is 292 g/mol. The summed E-state index contributed by atoms with van der Waals surface area (Å²) in [6, 6.07) is 3.80. The number of aromatic hydroxyl groups is 2. The summed E-state index contributed by atoms with van der Waals surface area (Å²) in [4.78, 5) is 25.3. The molecule has 21 heavy (non-hydrogen) atoms. The van der Waals surface area contributed by atoms with E-state index in [2.05, 4.69) is 11.9 Å². The van der Waals surface area contributed by atoms with Crippen molar-refractivity contribution in [3.05, 3.63) is 42.0 Å². The third-order valence-corrected chi connectivity index (χ3v) is 3.13. The average Bonchev–Trinajstić information content (AvgIpc) is 2.43. The number of phenolic OH excluding ortho intramolecular Hbond substituents is 2. The number of nitrogens with one attached hydrogen (secondary N) is 1. The molecule has 1 heterocycles. The van der Waals surface area contributed by atoms with E-state index in [1.807, 2.05) is 0 Å². The van der Waals surface area contributed by atoms with E-state index in [1.165, 1.54) is 35.3 Å². The van der Waals surface area contributed by atoms with Crippen LogP contribution in [0.3, 0.4) is 0 Å². The highest BCUT2D eigenvalue weighted by Gasteiger charge is 2.32. The maximum absolute atomic E-state index is 12.3. The molecule has 1 aromatic rings. The molecular formula is C14H12N2O4S. The third kappa shape index (κ3) is 2.92. The molecule has 1 aliphatic heterocycles. The standard InChI is InChI=1S/C14H12N2O4S/c1-2-5-16-13(20)10(12(19)15-14(16)21)7-8-6-9(17)3-4-11(8)18/h2-4,6-7,17-18H,1,5H2,(H,15,19,21). The zero-order valence-electron chi connectivity index (χ0n) is 10.9. The number of nitrogens with zero attached hydrogens (tertiary/aromatic N) is 1. The van der Waals surface area contributed by atoms with Crippen LogP contribution in [-0.2, 0) is 9.59 Å². The highest BCUT2D eigenvalue weighted by Crippen LogP contribution is 2.25. The van der Waals surface area contributed by atoms with E-state index < -0.39 is 11.8 Å². The zero-order chi connectivity index (χ0) is 15.6. The van der Waals surface area contributed by atoms with Crippen molar-refractivity contribution < 1.29 is 19.8 Å². The summed E-state index contributed by atoms with van der Waals surface area (Å²) < 4.78 is 0. The molecule has 2 amide bonds. The lowest BCUT2D eigenvalue weighted by atomic mass is 10.1. The zero-order valence-corrected chi connectivity index (χ0v) is 11.7. The van der Waals surface area contributed by atoms with Gasteiger partial charge in [0.1, 0.15) is 17.1 Å². The van der Waals surface area contributed by atoms with Crippen molar-refractivity contribution >= 4 is 35.2 Å². The number of carbonyl (C=O) groups excluding carboxylic acids is 2. The van der Waals surface area contributed by atoms with Gasteiger partial charge in [0, 0.05) is 12.1 Å².